The molecule has 0 radical (unpaired) electrons. The number of likely N-dealkylation sites (tertiary alicyclic amines) is 1. The van der Waals surface area contributed by atoms with E-state index in [9.17, 15) is 0 Å². The number of hydrogen-bond donors (Lipinski definition) is 0. The normalized spacial score (nSPS) is 18.9. The van der Waals surface area contributed by atoms with Crippen LogP contribution in [0.25, 0.3) is 11.1 Å². The predicted octanol–water partition coefficient (Wildman–Crippen LogP) is 7.28. The second-order valence-corrected chi connectivity index (χ2v) is 13.3. The lowest BCUT2D eigenvalue weighted by Gasteiger charge is -2.40. The Morgan fingerprint density at radius 3 is 2.26 bits per heavy atom. The molecule has 1 saturated heterocycles. The predicted molar refractivity (Wildman–Crippen MR) is 212 cm³/mol. The van der Waals surface area contributed by atoms with E-state index in [1.807, 2.05) is 42.6 Å². The molecule has 2 aromatic carbocycles. The summed E-state index contributed by atoms with van der Waals surface area (Å²) >= 11 is 0. The smallest absolute Gasteiger partial charge is 0.203 e. The molecule has 54 heavy (non-hydrogen) atoms. The van der Waals surface area contributed by atoms with Crippen LogP contribution in [0, 0.1) is 0 Å². The molecule has 0 saturated carbocycles. The summed E-state index contributed by atoms with van der Waals surface area (Å²) in [7, 11) is 11.6. The van der Waals surface area contributed by atoms with Gasteiger partial charge in [-0.1, -0.05) is 6.07 Å². The maximum absolute atomic E-state index is 5.71. The van der Waals surface area contributed by atoms with Crippen molar-refractivity contribution >= 4 is 16.8 Å². The molecule has 2 atom stereocenters. The summed E-state index contributed by atoms with van der Waals surface area (Å²) in [6, 6.07) is 16.9. The molecule has 0 spiro atoms. The Kier molecular flexibility index (Phi) is 13.0. The van der Waals surface area contributed by atoms with Crippen molar-refractivity contribution in [3.63, 3.8) is 0 Å². The first kappa shape index (κ1) is 38.5. The van der Waals surface area contributed by atoms with Crippen LogP contribution in [0.2, 0.25) is 0 Å². The van der Waals surface area contributed by atoms with Gasteiger partial charge in [-0.3, -0.25) is 9.88 Å². The van der Waals surface area contributed by atoms with Gasteiger partial charge in [0.25, 0.3) is 0 Å². The molecular weight excluding hydrogens is 682 g/mol. The summed E-state index contributed by atoms with van der Waals surface area (Å²) in [4.78, 5) is 9.75. The van der Waals surface area contributed by atoms with Crippen molar-refractivity contribution in [3.05, 3.63) is 125 Å². The molecule has 1 aromatic heterocycles. The summed E-state index contributed by atoms with van der Waals surface area (Å²) in [5.41, 5.74) is 10.6. The highest BCUT2D eigenvalue weighted by Gasteiger charge is 2.30. The molecule has 2 heterocycles. The van der Waals surface area contributed by atoms with Gasteiger partial charge < -0.3 is 38.1 Å². The topological polar surface area (TPSA) is 84.0 Å². The molecule has 1 fully saturated rings. The van der Waals surface area contributed by atoms with E-state index >= 15 is 0 Å². The van der Waals surface area contributed by atoms with Crippen molar-refractivity contribution in [2.24, 2.45) is 0 Å². The monoisotopic (exact) mass is 733 g/mol. The maximum Gasteiger partial charge on any atom is 0.203 e. The number of allylic oxidation sites excluding steroid dienone is 5. The minimum Gasteiger partial charge on any atom is -0.498 e. The number of hydrogen-bond acceptors (Lipinski definition) is 10. The fraction of sp³-hybridized carbons (Fsp3) is 0.364. The zero-order valence-electron chi connectivity index (χ0n) is 32.3. The van der Waals surface area contributed by atoms with E-state index in [0.29, 0.717) is 29.8 Å². The van der Waals surface area contributed by atoms with Crippen LogP contribution >= 0.6 is 0 Å². The molecule has 0 N–H and O–H groups in total. The van der Waals surface area contributed by atoms with Gasteiger partial charge in [0.15, 0.2) is 11.5 Å². The van der Waals surface area contributed by atoms with Gasteiger partial charge in [0.05, 0.1) is 41.2 Å². The molecular formula is C44H51N3O7. The Bertz CT molecular complexity index is 1940. The Balaban J connectivity index is 1.20. The minimum atomic E-state index is -0.295. The summed E-state index contributed by atoms with van der Waals surface area (Å²) < 4.78 is 39.6. The SMILES string of the molecule is COC1=CC(c2cc(CN3CCC(N(CC4=CC=C=CC(c5cc(OC)c(OC)c(OC)c5)=C4)c4cccc(OC)c4)CC3)ccn2)=CC(OC)C1OC. The van der Waals surface area contributed by atoms with Gasteiger partial charge in [-0.25, -0.2) is 0 Å². The molecule has 1 aliphatic heterocycles. The van der Waals surface area contributed by atoms with E-state index in [0.717, 1.165) is 77.6 Å². The Morgan fingerprint density at radius 1 is 0.815 bits per heavy atom. The second-order valence-electron chi connectivity index (χ2n) is 13.3. The number of aromatic nitrogens is 1. The van der Waals surface area contributed by atoms with Crippen molar-refractivity contribution < 1.29 is 33.2 Å². The van der Waals surface area contributed by atoms with Crippen molar-refractivity contribution in [3.8, 4) is 23.0 Å². The van der Waals surface area contributed by atoms with E-state index in [-0.39, 0.29) is 12.2 Å². The molecule has 0 amide bonds. The van der Waals surface area contributed by atoms with Gasteiger partial charge in [-0.05, 0) is 108 Å². The molecule has 0 bridgehead atoms. The van der Waals surface area contributed by atoms with Crippen LogP contribution in [0.5, 0.6) is 23.0 Å². The van der Waals surface area contributed by atoms with E-state index in [1.54, 1.807) is 49.8 Å². The average Bonchev–Trinajstić information content (AvgIpc) is 3.47. The lowest BCUT2D eigenvalue weighted by Crippen LogP contribution is -2.45. The second kappa shape index (κ2) is 18.2. The van der Waals surface area contributed by atoms with Crippen LogP contribution in [0.1, 0.15) is 29.7 Å². The summed E-state index contributed by atoms with van der Waals surface area (Å²) in [5.74, 6) is 3.33. The lowest BCUT2D eigenvalue weighted by atomic mass is 9.96. The summed E-state index contributed by atoms with van der Waals surface area (Å²) in [6.45, 7) is 3.48. The van der Waals surface area contributed by atoms with Crippen LogP contribution < -0.4 is 23.8 Å². The highest BCUT2D eigenvalue weighted by molar-refractivity contribution is 5.80. The van der Waals surface area contributed by atoms with Crippen LogP contribution in [0.3, 0.4) is 0 Å². The van der Waals surface area contributed by atoms with Crippen LogP contribution in [0.15, 0.2) is 108 Å². The van der Waals surface area contributed by atoms with Gasteiger partial charge in [0, 0.05) is 70.0 Å². The first-order valence-corrected chi connectivity index (χ1v) is 18.2. The molecule has 3 aliphatic rings. The molecule has 3 aromatic rings. The standard InChI is InChI=1S/C44H51N3O7/c1-48-37-14-10-13-36(27-37)47(29-30-11-8-9-12-32(21-30)33-23-39(49-2)43(53-6)40(24-33)50-3)35-16-19-46(20-17-35)28-31-15-18-45-38(22-31)34-25-41(51-4)44(54-7)42(26-34)52-5/h8,10-15,18,21-27,35,41,44H,16-17,19-20,28-29H2,1-7H3. The number of pyridine rings is 1. The first-order valence-electron chi connectivity index (χ1n) is 18.2. The minimum absolute atomic E-state index is 0.264. The number of piperidine rings is 1. The Morgan fingerprint density at radius 2 is 1.59 bits per heavy atom. The fourth-order valence-corrected chi connectivity index (χ4v) is 7.38. The number of nitrogens with zero attached hydrogens (tertiary/aromatic N) is 3. The third-order valence-electron chi connectivity index (χ3n) is 10.2. The van der Waals surface area contributed by atoms with Crippen molar-refractivity contribution in [2.45, 2.75) is 37.6 Å². The highest BCUT2D eigenvalue weighted by atomic mass is 16.6. The van der Waals surface area contributed by atoms with E-state index in [1.165, 1.54) is 5.56 Å². The molecule has 284 valence electrons. The molecule has 6 rings (SSSR count). The van der Waals surface area contributed by atoms with E-state index in [2.05, 4.69) is 64.1 Å². The fourth-order valence-electron chi connectivity index (χ4n) is 7.38. The van der Waals surface area contributed by atoms with Gasteiger partial charge in [-0.15, -0.1) is 5.73 Å². The van der Waals surface area contributed by atoms with Crippen molar-refractivity contribution in [2.75, 3.05) is 74.3 Å². The molecule has 10 nitrogen and oxygen atoms in total. The zero-order valence-corrected chi connectivity index (χ0v) is 32.3. The van der Waals surface area contributed by atoms with Crippen molar-refractivity contribution in [1.29, 1.82) is 0 Å². The number of methoxy groups -OCH3 is 7. The van der Waals surface area contributed by atoms with Crippen LogP contribution in [0.4, 0.5) is 5.69 Å². The van der Waals surface area contributed by atoms with Gasteiger partial charge >= 0.3 is 0 Å². The Hall–Kier alpha value is -5.25. The first-order chi connectivity index (χ1) is 26.4. The summed E-state index contributed by atoms with van der Waals surface area (Å²) in [6.07, 6.45) is 15.7. The van der Waals surface area contributed by atoms with Gasteiger partial charge in [-0.2, -0.15) is 0 Å². The van der Waals surface area contributed by atoms with E-state index < -0.39 is 0 Å². The lowest BCUT2D eigenvalue weighted by molar-refractivity contribution is -0.0178. The Labute approximate surface area is 319 Å². The third-order valence-corrected chi connectivity index (χ3v) is 10.2. The third kappa shape index (κ3) is 8.75. The van der Waals surface area contributed by atoms with Gasteiger partial charge in [0.1, 0.15) is 23.7 Å². The maximum atomic E-state index is 5.71. The van der Waals surface area contributed by atoms with E-state index in [4.69, 9.17) is 38.1 Å². The molecule has 2 unspecified atom stereocenters. The number of rotatable bonds is 15. The largest absolute Gasteiger partial charge is 0.498 e. The van der Waals surface area contributed by atoms with Crippen LogP contribution in [-0.2, 0) is 20.8 Å². The quantitative estimate of drug-likeness (QED) is 0.149. The van der Waals surface area contributed by atoms with Crippen LogP contribution in [-0.4, -0.2) is 97.5 Å². The molecule has 2 aliphatic carbocycles. The molecule has 10 heteroatoms. The number of anilines is 1. The van der Waals surface area contributed by atoms with Gasteiger partial charge in [0.2, 0.25) is 5.75 Å². The van der Waals surface area contributed by atoms with Crippen molar-refractivity contribution in [1.82, 2.24) is 9.88 Å². The highest BCUT2D eigenvalue weighted by Crippen LogP contribution is 2.41. The number of ether oxygens (including phenoxy) is 7. The average molecular weight is 734 g/mol. The summed E-state index contributed by atoms with van der Waals surface area (Å²) in [5, 5.41) is 0. The number of benzene rings is 2. The zero-order chi connectivity index (χ0) is 38.0.